The van der Waals surface area contributed by atoms with Crippen molar-refractivity contribution in [3.05, 3.63) is 28.8 Å². The second-order valence-electron chi connectivity index (χ2n) is 5.55. The molecule has 4 heteroatoms. The molecule has 3 nitrogen and oxygen atoms in total. The maximum Gasteiger partial charge on any atom is 0.159 e. The largest absolute Gasteiger partial charge is 0.489 e. The van der Waals surface area contributed by atoms with Crippen LogP contribution in [0, 0.1) is 0 Å². The Morgan fingerprint density at radius 3 is 2.79 bits per heavy atom. The van der Waals surface area contributed by atoms with E-state index in [9.17, 15) is 4.79 Å². The Balaban J connectivity index is 1.95. The van der Waals surface area contributed by atoms with Crippen LogP contribution >= 0.6 is 11.6 Å². The summed E-state index contributed by atoms with van der Waals surface area (Å²) in [5.74, 6) is 0.592. The number of halogens is 1. The summed E-state index contributed by atoms with van der Waals surface area (Å²) in [6, 6.07) is 5.10. The fourth-order valence-corrected chi connectivity index (χ4v) is 2.45. The Morgan fingerprint density at radius 2 is 2.26 bits per heavy atom. The number of rotatable bonds is 4. The molecule has 1 heterocycles. The molecule has 1 aromatic carbocycles. The van der Waals surface area contributed by atoms with Gasteiger partial charge in [-0.1, -0.05) is 11.6 Å². The van der Waals surface area contributed by atoms with Gasteiger partial charge in [0.25, 0.3) is 0 Å². The molecule has 1 fully saturated rings. The van der Waals surface area contributed by atoms with Gasteiger partial charge in [0.1, 0.15) is 12.4 Å². The average Bonchev–Trinajstić information content (AvgIpc) is 2.67. The van der Waals surface area contributed by atoms with Crippen molar-refractivity contribution in [3.63, 3.8) is 0 Å². The van der Waals surface area contributed by atoms with Crippen molar-refractivity contribution in [1.29, 1.82) is 0 Å². The molecular weight excluding hydrogens is 264 g/mol. The van der Waals surface area contributed by atoms with Crippen LogP contribution in [0.15, 0.2) is 18.2 Å². The van der Waals surface area contributed by atoms with Gasteiger partial charge < -0.3 is 9.47 Å². The highest BCUT2D eigenvalue weighted by Crippen LogP contribution is 2.31. The second kappa shape index (κ2) is 5.51. The molecule has 2 rings (SSSR count). The molecule has 0 amide bonds. The van der Waals surface area contributed by atoms with Gasteiger partial charge in [-0.05, 0) is 51.8 Å². The molecule has 1 aliphatic rings. The third-order valence-electron chi connectivity index (χ3n) is 3.32. The molecule has 0 spiro atoms. The van der Waals surface area contributed by atoms with E-state index in [0.717, 1.165) is 12.8 Å². The van der Waals surface area contributed by atoms with Gasteiger partial charge in [-0.15, -0.1) is 0 Å². The van der Waals surface area contributed by atoms with E-state index in [2.05, 4.69) is 13.8 Å². The van der Waals surface area contributed by atoms with E-state index >= 15 is 0 Å². The number of hydrogen-bond donors (Lipinski definition) is 0. The quantitative estimate of drug-likeness (QED) is 0.786. The minimum atomic E-state index is -0.0592. The van der Waals surface area contributed by atoms with Gasteiger partial charge in [-0.25, -0.2) is 0 Å². The summed E-state index contributed by atoms with van der Waals surface area (Å²) < 4.78 is 11.5. The van der Waals surface area contributed by atoms with E-state index in [-0.39, 0.29) is 17.5 Å². The summed E-state index contributed by atoms with van der Waals surface area (Å²) in [7, 11) is 0. The number of carbonyl (C=O) groups is 1. The molecule has 0 N–H and O–H groups in total. The molecule has 1 unspecified atom stereocenters. The Morgan fingerprint density at radius 1 is 1.53 bits per heavy atom. The highest BCUT2D eigenvalue weighted by atomic mass is 35.5. The van der Waals surface area contributed by atoms with Gasteiger partial charge in [0, 0.05) is 5.56 Å². The molecule has 0 radical (unpaired) electrons. The molecule has 1 atom stereocenters. The number of Topliss-reactive ketones (excluding diaryl/α,β-unsaturated/α-hetero) is 1. The van der Waals surface area contributed by atoms with Crippen LogP contribution in [0.3, 0.4) is 0 Å². The van der Waals surface area contributed by atoms with Crippen molar-refractivity contribution in [2.75, 3.05) is 6.61 Å². The summed E-state index contributed by atoms with van der Waals surface area (Å²) in [5, 5.41) is 0.463. The average molecular weight is 283 g/mol. The Kier molecular flexibility index (Phi) is 4.16. The minimum Gasteiger partial charge on any atom is -0.489 e. The Labute approximate surface area is 118 Å². The molecule has 0 bridgehead atoms. The van der Waals surface area contributed by atoms with Crippen molar-refractivity contribution in [2.24, 2.45) is 0 Å². The molecule has 0 aromatic heterocycles. The molecule has 19 heavy (non-hydrogen) atoms. The van der Waals surface area contributed by atoms with E-state index in [4.69, 9.17) is 21.1 Å². The standard InChI is InChI=1S/C15H19ClO3/c1-10(17)11-4-5-14(13(16)8-11)18-9-12-6-7-15(2,3)19-12/h4-5,8,12H,6-7,9H2,1-3H3. The maximum atomic E-state index is 11.2. The van der Waals surface area contributed by atoms with Gasteiger partial charge in [0.2, 0.25) is 0 Å². The Hall–Kier alpha value is -1.06. The van der Waals surface area contributed by atoms with Crippen molar-refractivity contribution in [3.8, 4) is 5.75 Å². The van der Waals surface area contributed by atoms with E-state index in [1.54, 1.807) is 18.2 Å². The summed E-state index contributed by atoms with van der Waals surface area (Å²) in [6.07, 6.45) is 2.15. The van der Waals surface area contributed by atoms with Crippen LogP contribution in [0.5, 0.6) is 5.75 Å². The van der Waals surface area contributed by atoms with Gasteiger partial charge >= 0.3 is 0 Å². The maximum absolute atomic E-state index is 11.2. The van der Waals surface area contributed by atoms with Crippen LogP contribution in [0.1, 0.15) is 44.0 Å². The minimum absolute atomic E-state index is 0.00525. The van der Waals surface area contributed by atoms with Crippen LogP contribution in [0.25, 0.3) is 0 Å². The zero-order valence-electron chi connectivity index (χ0n) is 11.5. The lowest BCUT2D eigenvalue weighted by molar-refractivity contribution is -0.0326. The first-order chi connectivity index (χ1) is 8.87. The summed E-state index contributed by atoms with van der Waals surface area (Å²) in [5.41, 5.74) is 0.534. The summed E-state index contributed by atoms with van der Waals surface area (Å²) in [6.45, 7) is 6.17. The number of carbonyl (C=O) groups excluding carboxylic acids is 1. The first-order valence-corrected chi connectivity index (χ1v) is 6.86. The molecule has 1 aliphatic heterocycles. The number of ketones is 1. The summed E-state index contributed by atoms with van der Waals surface area (Å²) in [4.78, 5) is 11.2. The third-order valence-corrected chi connectivity index (χ3v) is 3.61. The van der Waals surface area contributed by atoms with Gasteiger partial charge in [-0.2, -0.15) is 0 Å². The van der Waals surface area contributed by atoms with Crippen LogP contribution in [0.4, 0.5) is 0 Å². The second-order valence-corrected chi connectivity index (χ2v) is 5.96. The first-order valence-electron chi connectivity index (χ1n) is 6.48. The normalized spacial score (nSPS) is 21.4. The number of ether oxygens (including phenoxy) is 2. The zero-order chi connectivity index (χ0) is 14.0. The van der Waals surface area contributed by atoms with Crippen LogP contribution in [-0.4, -0.2) is 24.1 Å². The topological polar surface area (TPSA) is 35.5 Å². The lowest BCUT2D eigenvalue weighted by Gasteiger charge is -2.19. The SMILES string of the molecule is CC(=O)c1ccc(OCC2CCC(C)(C)O2)c(Cl)c1. The van der Waals surface area contributed by atoms with Gasteiger partial charge in [0.05, 0.1) is 16.7 Å². The Bertz CT molecular complexity index is 482. The first kappa shape index (κ1) is 14.4. The smallest absolute Gasteiger partial charge is 0.159 e. The van der Waals surface area contributed by atoms with Crippen LogP contribution in [-0.2, 0) is 4.74 Å². The fourth-order valence-electron chi connectivity index (χ4n) is 2.21. The lowest BCUT2D eigenvalue weighted by atomic mass is 10.1. The molecule has 0 aliphatic carbocycles. The number of benzene rings is 1. The van der Waals surface area contributed by atoms with E-state index in [1.165, 1.54) is 6.92 Å². The molecule has 104 valence electrons. The summed E-state index contributed by atoms with van der Waals surface area (Å²) >= 11 is 6.10. The van der Waals surface area contributed by atoms with Crippen LogP contribution < -0.4 is 4.74 Å². The van der Waals surface area contributed by atoms with Crippen LogP contribution in [0.2, 0.25) is 5.02 Å². The predicted octanol–water partition coefficient (Wildman–Crippen LogP) is 3.88. The lowest BCUT2D eigenvalue weighted by Crippen LogP contribution is -2.23. The zero-order valence-corrected chi connectivity index (χ0v) is 12.3. The van der Waals surface area contributed by atoms with E-state index < -0.39 is 0 Å². The molecule has 1 aromatic rings. The third kappa shape index (κ3) is 3.71. The number of hydrogen-bond acceptors (Lipinski definition) is 3. The van der Waals surface area contributed by atoms with Crippen molar-refractivity contribution in [1.82, 2.24) is 0 Å². The highest BCUT2D eigenvalue weighted by molar-refractivity contribution is 6.32. The molecule has 0 saturated carbocycles. The van der Waals surface area contributed by atoms with E-state index in [1.807, 2.05) is 0 Å². The monoisotopic (exact) mass is 282 g/mol. The van der Waals surface area contributed by atoms with Crippen molar-refractivity contribution >= 4 is 17.4 Å². The van der Waals surface area contributed by atoms with Gasteiger partial charge in [0.15, 0.2) is 5.78 Å². The highest BCUT2D eigenvalue weighted by Gasteiger charge is 2.31. The predicted molar refractivity (Wildman–Crippen MR) is 75.1 cm³/mol. The molecule has 1 saturated heterocycles. The fraction of sp³-hybridized carbons (Fsp3) is 0.533. The van der Waals surface area contributed by atoms with Crippen molar-refractivity contribution in [2.45, 2.75) is 45.3 Å². The molecular formula is C15H19ClO3. The van der Waals surface area contributed by atoms with Gasteiger partial charge in [-0.3, -0.25) is 4.79 Å². The van der Waals surface area contributed by atoms with E-state index in [0.29, 0.717) is 22.9 Å². The van der Waals surface area contributed by atoms with Crippen molar-refractivity contribution < 1.29 is 14.3 Å².